The van der Waals surface area contributed by atoms with Crippen LogP contribution in [0.15, 0.2) is 34.4 Å². The lowest BCUT2D eigenvalue weighted by atomic mass is 10.1. The van der Waals surface area contributed by atoms with Crippen molar-refractivity contribution in [1.29, 1.82) is 0 Å². The van der Waals surface area contributed by atoms with E-state index in [0.717, 1.165) is 11.3 Å². The molecular weight excluding hydrogens is 300 g/mol. The lowest BCUT2D eigenvalue weighted by Gasteiger charge is -2.12. The molecule has 1 amide bonds. The second-order valence-electron chi connectivity index (χ2n) is 5.02. The minimum atomic E-state index is -0.204. The molecule has 3 aromatic rings. The number of thiazole rings is 1. The molecule has 7 heteroatoms. The van der Waals surface area contributed by atoms with Gasteiger partial charge in [-0.05, 0) is 26.0 Å². The van der Waals surface area contributed by atoms with Crippen LogP contribution in [0.4, 0.5) is 0 Å². The molecule has 0 radical (unpaired) electrons. The molecule has 6 nitrogen and oxygen atoms in total. The van der Waals surface area contributed by atoms with Crippen molar-refractivity contribution in [3.8, 4) is 10.8 Å². The number of amides is 1. The molecule has 22 heavy (non-hydrogen) atoms. The SMILES string of the molecule is Cc1c([C@@H](C)NC(=O)c2csc(-c3ccco3)n2)cnn1C. The third kappa shape index (κ3) is 2.67. The highest BCUT2D eigenvalue weighted by Gasteiger charge is 2.18. The molecule has 0 saturated carbocycles. The molecule has 3 aromatic heterocycles. The Kier molecular flexibility index (Phi) is 3.81. The van der Waals surface area contributed by atoms with Gasteiger partial charge in [0.05, 0.1) is 18.5 Å². The van der Waals surface area contributed by atoms with Gasteiger partial charge in [0.1, 0.15) is 5.69 Å². The maximum atomic E-state index is 12.3. The third-order valence-corrected chi connectivity index (χ3v) is 4.41. The fourth-order valence-electron chi connectivity index (χ4n) is 2.18. The van der Waals surface area contributed by atoms with Crippen LogP contribution in [0.25, 0.3) is 10.8 Å². The summed E-state index contributed by atoms with van der Waals surface area (Å²) in [5.41, 5.74) is 2.42. The predicted molar refractivity (Wildman–Crippen MR) is 83.6 cm³/mol. The minimum Gasteiger partial charge on any atom is -0.462 e. The number of aryl methyl sites for hydroxylation is 1. The second-order valence-corrected chi connectivity index (χ2v) is 5.88. The fourth-order valence-corrected chi connectivity index (χ4v) is 2.95. The Balaban J connectivity index is 1.73. The molecule has 0 aliphatic rings. The highest BCUT2D eigenvalue weighted by atomic mass is 32.1. The number of carbonyl (C=O) groups excluding carboxylic acids is 1. The fraction of sp³-hybridized carbons (Fsp3) is 0.267. The quantitative estimate of drug-likeness (QED) is 0.803. The Morgan fingerprint density at radius 3 is 2.95 bits per heavy atom. The van der Waals surface area contributed by atoms with Crippen LogP contribution in [-0.2, 0) is 7.05 Å². The Hall–Kier alpha value is -2.41. The Morgan fingerprint density at radius 1 is 1.50 bits per heavy atom. The zero-order chi connectivity index (χ0) is 15.7. The largest absolute Gasteiger partial charge is 0.462 e. The van der Waals surface area contributed by atoms with Gasteiger partial charge in [-0.15, -0.1) is 11.3 Å². The Morgan fingerprint density at radius 2 is 2.32 bits per heavy atom. The molecule has 0 unspecified atom stereocenters. The molecule has 1 atom stereocenters. The maximum absolute atomic E-state index is 12.3. The molecule has 0 fully saturated rings. The van der Waals surface area contributed by atoms with E-state index in [1.54, 1.807) is 28.6 Å². The average Bonchev–Trinajstić information content (AvgIpc) is 3.21. The summed E-state index contributed by atoms with van der Waals surface area (Å²) in [5, 5.41) is 9.57. The molecule has 1 N–H and O–H groups in total. The molecule has 0 aromatic carbocycles. The lowest BCUT2D eigenvalue weighted by Crippen LogP contribution is -2.27. The third-order valence-electron chi connectivity index (χ3n) is 3.56. The predicted octanol–water partition coefficient (Wildman–Crippen LogP) is 2.94. The van der Waals surface area contributed by atoms with E-state index in [0.29, 0.717) is 16.5 Å². The van der Waals surface area contributed by atoms with E-state index < -0.39 is 0 Å². The van der Waals surface area contributed by atoms with Crippen molar-refractivity contribution in [2.75, 3.05) is 0 Å². The van der Waals surface area contributed by atoms with E-state index >= 15 is 0 Å². The van der Waals surface area contributed by atoms with Gasteiger partial charge in [0.15, 0.2) is 10.8 Å². The van der Waals surface area contributed by atoms with Crippen LogP contribution in [0.3, 0.4) is 0 Å². The topological polar surface area (TPSA) is 73.0 Å². The van der Waals surface area contributed by atoms with Gasteiger partial charge in [0, 0.05) is 23.7 Å². The first-order valence-electron chi connectivity index (χ1n) is 6.85. The van der Waals surface area contributed by atoms with Crippen molar-refractivity contribution in [2.24, 2.45) is 7.05 Å². The molecule has 0 saturated heterocycles. The van der Waals surface area contributed by atoms with Gasteiger partial charge in [-0.25, -0.2) is 4.98 Å². The van der Waals surface area contributed by atoms with Crippen molar-refractivity contribution in [3.05, 3.63) is 46.9 Å². The highest BCUT2D eigenvalue weighted by molar-refractivity contribution is 7.13. The smallest absolute Gasteiger partial charge is 0.271 e. The van der Waals surface area contributed by atoms with E-state index in [-0.39, 0.29) is 11.9 Å². The zero-order valence-corrected chi connectivity index (χ0v) is 13.3. The van der Waals surface area contributed by atoms with Gasteiger partial charge >= 0.3 is 0 Å². The Labute approximate surface area is 131 Å². The van der Waals surface area contributed by atoms with Crippen molar-refractivity contribution in [1.82, 2.24) is 20.1 Å². The molecule has 3 rings (SSSR count). The van der Waals surface area contributed by atoms with Gasteiger partial charge < -0.3 is 9.73 Å². The van der Waals surface area contributed by atoms with Crippen LogP contribution in [0, 0.1) is 6.92 Å². The molecule has 0 bridgehead atoms. The van der Waals surface area contributed by atoms with Gasteiger partial charge in [-0.1, -0.05) is 0 Å². The molecule has 3 heterocycles. The lowest BCUT2D eigenvalue weighted by molar-refractivity contribution is 0.0935. The monoisotopic (exact) mass is 316 g/mol. The van der Waals surface area contributed by atoms with Crippen LogP contribution in [0.2, 0.25) is 0 Å². The van der Waals surface area contributed by atoms with E-state index in [1.807, 2.05) is 27.0 Å². The van der Waals surface area contributed by atoms with Crippen molar-refractivity contribution in [2.45, 2.75) is 19.9 Å². The number of nitrogens with one attached hydrogen (secondary N) is 1. The summed E-state index contributed by atoms with van der Waals surface area (Å²) in [6, 6.07) is 3.49. The summed E-state index contributed by atoms with van der Waals surface area (Å²) < 4.78 is 7.07. The molecule has 114 valence electrons. The summed E-state index contributed by atoms with van der Waals surface area (Å²) in [7, 11) is 1.88. The number of furan rings is 1. The number of nitrogens with zero attached hydrogens (tertiary/aromatic N) is 3. The van der Waals surface area contributed by atoms with E-state index in [2.05, 4.69) is 15.4 Å². The van der Waals surface area contributed by atoms with E-state index in [9.17, 15) is 4.79 Å². The standard InChI is InChI=1S/C15H16N4O2S/c1-9(11-7-16-19(3)10(11)2)17-14(20)12-8-22-15(18-12)13-5-4-6-21-13/h4-9H,1-3H3,(H,17,20)/t9-/m1/s1. The summed E-state index contributed by atoms with van der Waals surface area (Å²) in [5.74, 6) is 0.463. The van der Waals surface area contributed by atoms with Crippen molar-refractivity contribution in [3.63, 3.8) is 0 Å². The molecular formula is C15H16N4O2S. The normalized spacial score (nSPS) is 12.3. The van der Waals surface area contributed by atoms with Crippen LogP contribution >= 0.6 is 11.3 Å². The average molecular weight is 316 g/mol. The van der Waals surface area contributed by atoms with E-state index in [4.69, 9.17) is 4.42 Å². The summed E-state index contributed by atoms with van der Waals surface area (Å²) in [4.78, 5) is 16.6. The first kappa shape index (κ1) is 14.5. The van der Waals surface area contributed by atoms with Gasteiger partial charge in [-0.3, -0.25) is 9.48 Å². The number of hydrogen-bond acceptors (Lipinski definition) is 5. The number of aromatic nitrogens is 3. The molecule has 0 aliphatic heterocycles. The minimum absolute atomic E-state index is 0.130. The van der Waals surface area contributed by atoms with Crippen molar-refractivity contribution < 1.29 is 9.21 Å². The van der Waals surface area contributed by atoms with Gasteiger partial charge in [0.25, 0.3) is 5.91 Å². The first-order valence-corrected chi connectivity index (χ1v) is 7.73. The Bertz CT molecular complexity index is 788. The van der Waals surface area contributed by atoms with Crippen LogP contribution in [0.1, 0.15) is 34.7 Å². The van der Waals surface area contributed by atoms with Gasteiger partial charge in [0.2, 0.25) is 0 Å². The first-order chi connectivity index (χ1) is 10.6. The summed E-state index contributed by atoms with van der Waals surface area (Å²) in [6.07, 6.45) is 3.36. The van der Waals surface area contributed by atoms with Crippen LogP contribution in [0.5, 0.6) is 0 Å². The second kappa shape index (κ2) is 5.76. The van der Waals surface area contributed by atoms with Crippen LogP contribution < -0.4 is 5.32 Å². The number of hydrogen-bond donors (Lipinski definition) is 1. The number of rotatable bonds is 4. The molecule has 0 spiro atoms. The van der Waals surface area contributed by atoms with Crippen molar-refractivity contribution >= 4 is 17.2 Å². The summed E-state index contributed by atoms with van der Waals surface area (Å²) in [6.45, 7) is 3.91. The molecule has 0 aliphatic carbocycles. The number of carbonyl (C=O) groups is 1. The summed E-state index contributed by atoms with van der Waals surface area (Å²) >= 11 is 1.38. The zero-order valence-electron chi connectivity index (χ0n) is 12.5. The van der Waals surface area contributed by atoms with Crippen LogP contribution in [-0.4, -0.2) is 20.7 Å². The van der Waals surface area contributed by atoms with E-state index in [1.165, 1.54) is 11.3 Å². The highest BCUT2D eigenvalue weighted by Crippen LogP contribution is 2.24. The van der Waals surface area contributed by atoms with Gasteiger partial charge in [-0.2, -0.15) is 5.10 Å². The maximum Gasteiger partial charge on any atom is 0.271 e.